The number of hydrogen-bond donors (Lipinski definition) is 0. The molecule has 0 spiro atoms. The van der Waals surface area contributed by atoms with Gasteiger partial charge in [0.25, 0.3) is 5.91 Å². The summed E-state index contributed by atoms with van der Waals surface area (Å²) in [6, 6.07) is 9.16. The molecule has 4 heterocycles. The van der Waals surface area contributed by atoms with Gasteiger partial charge in [-0.1, -0.05) is 35.3 Å². The summed E-state index contributed by atoms with van der Waals surface area (Å²) in [6.45, 7) is 6.12. The van der Waals surface area contributed by atoms with Crippen molar-refractivity contribution in [2.24, 2.45) is 0 Å². The number of rotatable bonds is 3. The lowest BCUT2D eigenvalue weighted by molar-refractivity contribution is 0.0989. The topological polar surface area (TPSA) is 73.1 Å². The number of aromatic nitrogens is 4. The third kappa shape index (κ3) is 2.98. The lowest BCUT2D eigenvalue weighted by Crippen LogP contribution is -2.34. The minimum absolute atomic E-state index is 0.00322. The number of imidazole rings is 1. The first kappa shape index (κ1) is 22.1. The van der Waals surface area contributed by atoms with Gasteiger partial charge in [-0.05, 0) is 55.7 Å². The minimum Gasteiger partial charge on any atom is -0.480 e. The molecule has 0 aliphatic carbocycles. The molecule has 2 aromatic carbocycles. The largest absolute Gasteiger partial charge is 0.480 e. The maximum Gasteiger partial charge on any atom is 0.279 e. The van der Waals surface area contributed by atoms with E-state index < -0.39 is 0 Å². The molecule has 2 aliphatic rings. The molecule has 0 fully saturated rings. The highest BCUT2D eigenvalue weighted by molar-refractivity contribution is 6.35. The van der Waals surface area contributed by atoms with Gasteiger partial charge >= 0.3 is 0 Å². The number of benzene rings is 2. The lowest BCUT2D eigenvalue weighted by Gasteiger charge is -2.36. The number of fused-ring (bicyclic) bond motifs is 8. The van der Waals surface area contributed by atoms with E-state index in [2.05, 4.69) is 28.4 Å². The van der Waals surface area contributed by atoms with E-state index in [-0.39, 0.29) is 18.0 Å². The molecule has 7 nitrogen and oxygen atoms in total. The normalized spacial score (nSPS) is 15.7. The maximum atomic E-state index is 14.0. The van der Waals surface area contributed by atoms with E-state index in [9.17, 15) is 4.79 Å². The van der Waals surface area contributed by atoms with Crippen LogP contribution in [0.15, 0.2) is 42.9 Å². The summed E-state index contributed by atoms with van der Waals surface area (Å²) in [7, 11) is 1.56. The number of carbonyl (C=O) groups excluding carboxylic acids is 1. The monoisotopic (exact) mass is 505 g/mol. The molecule has 6 rings (SSSR count). The molecule has 0 saturated heterocycles. The molecule has 0 radical (unpaired) electrons. The number of halogens is 2. The molecular formula is C26H21Cl2N5O2. The Morgan fingerprint density at radius 1 is 1.11 bits per heavy atom. The fourth-order valence-corrected chi connectivity index (χ4v) is 5.73. The van der Waals surface area contributed by atoms with Gasteiger partial charge in [-0.2, -0.15) is 0 Å². The van der Waals surface area contributed by atoms with Gasteiger partial charge in [0.1, 0.15) is 18.2 Å². The summed E-state index contributed by atoms with van der Waals surface area (Å²) in [5, 5.41) is 1.18. The van der Waals surface area contributed by atoms with Gasteiger partial charge in [-0.15, -0.1) is 0 Å². The number of anilines is 1. The summed E-state index contributed by atoms with van der Waals surface area (Å²) in [5.41, 5.74) is 6.27. The van der Waals surface area contributed by atoms with Crippen LogP contribution in [-0.4, -0.2) is 32.5 Å². The van der Waals surface area contributed by atoms with Gasteiger partial charge in [0.15, 0.2) is 5.69 Å². The second-order valence-corrected chi connectivity index (χ2v) is 9.82. The van der Waals surface area contributed by atoms with Crippen molar-refractivity contribution >= 4 is 34.8 Å². The van der Waals surface area contributed by atoms with Crippen LogP contribution in [0.25, 0.3) is 22.5 Å². The van der Waals surface area contributed by atoms with Gasteiger partial charge in [-0.25, -0.2) is 15.0 Å². The number of hydrogen-bond acceptors (Lipinski definition) is 5. The van der Waals surface area contributed by atoms with Crippen molar-refractivity contribution in [1.82, 2.24) is 19.5 Å². The van der Waals surface area contributed by atoms with Gasteiger partial charge < -0.3 is 9.30 Å². The molecule has 1 amide bonds. The number of ether oxygens (including phenoxy) is 1. The molecule has 1 unspecified atom stereocenters. The maximum absolute atomic E-state index is 14.0. The number of nitrogens with zero attached hydrogens (tertiary/aromatic N) is 5. The van der Waals surface area contributed by atoms with Gasteiger partial charge in [-0.3, -0.25) is 9.69 Å². The predicted octanol–water partition coefficient (Wildman–Crippen LogP) is 6.28. The van der Waals surface area contributed by atoms with Crippen LogP contribution in [0.2, 0.25) is 10.0 Å². The standard InChI is InChI=1S/C26H21Cl2N5O2/c1-12(2)32-23-20(31-24(32)17-10-29-11-30-25(17)35-4)26(34)33-21-13(3)5-8-18(28)19(21)16-9-14(27)6-7-15(16)22(23)33/h5-12,22H,1-4H3. The molecule has 1 atom stereocenters. The number of amides is 1. The van der Waals surface area contributed by atoms with E-state index in [0.717, 1.165) is 33.6 Å². The van der Waals surface area contributed by atoms with E-state index in [1.807, 2.05) is 42.2 Å². The Labute approximate surface area is 212 Å². The second kappa shape index (κ2) is 7.80. The molecule has 9 heteroatoms. The van der Waals surface area contributed by atoms with Crippen molar-refractivity contribution in [1.29, 1.82) is 0 Å². The first-order valence-corrected chi connectivity index (χ1v) is 12.0. The van der Waals surface area contributed by atoms with Gasteiger partial charge in [0.2, 0.25) is 5.88 Å². The smallest absolute Gasteiger partial charge is 0.279 e. The predicted molar refractivity (Wildman–Crippen MR) is 135 cm³/mol. The van der Waals surface area contributed by atoms with Gasteiger partial charge in [0.05, 0.1) is 29.1 Å². The Balaban J connectivity index is 1.69. The molecule has 2 aliphatic heterocycles. The highest BCUT2D eigenvalue weighted by atomic mass is 35.5. The van der Waals surface area contributed by atoms with Crippen molar-refractivity contribution in [2.45, 2.75) is 32.9 Å². The Morgan fingerprint density at radius 2 is 1.91 bits per heavy atom. The average Bonchev–Trinajstić information content (AvgIpc) is 3.36. The summed E-state index contributed by atoms with van der Waals surface area (Å²) >= 11 is 13.1. The molecule has 4 aromatic rings. The van der Waals surface area contributed by atoms with Crippen LogP contribution in [0.1, 0.15) is 53.2 Å². The number of aryl methyl sites for hydroxylation is 1. The Morgan fingerprint density at radius 3 is 2.66 bits per heavy atom. The molecule has 35 heavy (non-hydrogen) atoms. The third-order valence-corrected chi connectivity index (χ3v) is 7.21. The van der Waals surface area contributed by atoms with Crippen LogP contribution < -0.4 is 9.64 Å². The van der Waals surface area contributed by atoms with Crippen molar-refractivity contribution in [2.75, 3.05) is 12.0 Å². The fraction of sp³-hybridized carbons (Fsp3) is 0.231. The molecule has 2 aromatic heterocycles. The number of carbonyl (C=O) groups is 1. The quantitative estimate of drug-likeness (QED) is 0.327. The fourth-order valence-electron chi connectivity index (χ4n) is 5.30. The zero-order chi connectivity index (χ0) is 24.6. The third-order valence-electron chi connectivity index (χ3n) is 6.66. The molecule has 0 N–H and O–H groups in total. The average molecular weight is 506 g/mol. The number of methoxy groups -OCH3 is 1. The zero-order valence-electron chi connectivity index (χ0n) is 19.5. The van der Waals surface area contributed by atoms with Crippen LogP contribution in [0.3, 0.4) is 0 Å². The molecule has 0 bridgehead atoms. The van der Waals surface area contributed by atoms with Crippen LogP contribution in [0, 0.1) is 6.92 Å². The zero-order valence-corrected chi connectivity index (χ0v) is 21.0. The van der Waals surface area contributed by atoms with Crippen molar-refractivity contribution in [3.8, 4) is 28.4 Å². The summed E-state index contributed by atoms with van der Waals surface area (Å²) in [4.78, 5) is 29.1. The Bertz CT molecular complexity index is 1550. The lowest BCUT2D eigenvalue weighted by atomic mass is 9.86. The first-order chi connectivity index (χ1) is 16.8. The van der Waals surface area contributed by atoms with Crippen molar-refractivity contribution < 1.29 is 9.53 Å². The van der Waals surface area contributed by atoms with E-state index in [1.54, 1.807) is 13.3 Å². The summed E-state index contributed by atoms with van der Waals surface area (Å²) < 4.78 is 7.57. The summed E-state index contributed by atoms with van der Waals surface area (Å²) in [5.74, 6) is 0.826. The molecular weight excluding hydrogens is 485 g/mol. The van der Waals surface area contributed by atoms with E-state index >= 15 is 0 Å². The van der Waals surface area contributed by atoms with Gasteiger partial charge in [0, 0.05) is 22.8 Å². The van der Waals surface area contributed by atoms with Crippen LogP contribution >= 0.6 is 23.2 Å². The van der Waals surface area contributed by atoms with E-state index in [4.69, 9.17) is 32.9 Å². The van der Waals surface area contributed by atoms with Crippen LogP contribution in [0.5, 0.6) is 5.88 Å². The minimum atomic E-state index is -0.381. The van der Waals surface area contributed by atoms with E-state index in [0.29, 0.717) is 33.0 Å². The highest BCUT2D eigenvalue weighted by Gasteiger charge is 2.49. The van der Waals surface area contributed by atoms with Crippen LogP contribution in [-0.2, 0) is 0 Å². The first-order valence-electron chi connectivity index (χ1n) is 11.2. The van der Waals surface area contributed by atoms with Crippen LogP contribution in [0.4, 0.5) is 5.69 Å². The Hall–Kier alpha value is -3.42. The SMILES string of the molecule is COc1ncncc1-c1nc2c(n1C(C)C)C1c3ccc(Cl)cc3-c3c(Cl)ccc(C)c3N1C2=O. The Kier molecular flexibility index (Phi) is 4.92. The van der Waals surface area contributed by atoms with Crippen molar-refractivity contribution in [3.63, 3.8) is 0 Å². The van der Waals surface area contributed by atoms with E-state index in [1.165, 1.54) is 6.33 Å². The van der Waals surface area contributed by atoms with Crippen molar-refractivity contribution in [3.05, 3.63) is 75.4 Å². The second-order valence-electron chi connectivity index (χ2n) is 8.98. The molecule has 0 saturated carbocycles. The summed E-state index contributed by atoms with van der Waals surface area (Å²) in [6.07, 6.45) is 3.09. The molecule has 176 valence electrons. The highest BCUT2D eigenvalue weighted by Crippen LogP contribution is 2.56.